The maximum Gasteiger partial charge on any atom is 0.258 e. The first kappa shape index (κ1) is 16.4. The molecule has 5 rings (SSSR count). The van der Waals surface area contributed by atoms with Crippen LogP contribution >= 0.6 is 0 Å². The SMILES string of the molecule is COc1ccc2ccc3c(c2c1)OC1(CCN(C(=O)C2CC2)CC1)NC3=O. The van der Waals surface area contributed by atoms with Crippen molar-refractivity contribution in [2.24, 2.45) is 5.92 Å². The van der Waals surface area contributed by atoms with E-state index in [9.17, 15) is 9.59 Å². The summed E-state index contributed by atoms with van der Waals surface area (Å²) in [6.45, 7) is 1.22. The molecule has 6 heteroatoms. The molecule has 0 unspecified atom stereocenters. The number of hydrogen-bond donors (Lipinski definition) is 1. The van der Waals surface area contributed by atoms with Crippen LogP contribution in [-0.2, 0) is 4.79 Å². The average Bonchev–Trinajstić information content (AvgIpc) is 3.53. The number of nitrogens with one attached hydrogen (secondary N) is 1. The molecule has 0 bridgehead atoms. The molecule has 140 valence electrons. The summed E-state index contributed by atoms with van der Waals surface area (Å²) >= 11 is 0. The van der Waals surface area contributed by atoms with Gasteiger partial charge in [0.2, 0.25) is 5.91 Å². The van der Waals surface area contributed by atoms with Crippen molar-refractivity contribution >= 4 is 22.6 Å². The van der Waals surface area contributed by atoms with Crippen LogP contribution in [0.2, 0.25) is 0 Å². The van der Waals surface area contributed by atoms with E-state index in [4.69, 9.17) is 9.47 Å². The summed E-state index contributed by atoms with van der Waals surface area (Å²) in [6, 6.07) is 9.50. The van der Waals surface area contributed by atoms with Gasteiger partial charge in [0.25, 0.3) is 5.91 Å². The molecule has 2 aliphatic heterocycles. The lowest BCUT2D eigenvalue weighted by Crippen LogP contribution is -2.61. The number of rotatable bonds is 2. The second-order valence-corrected chi connectivity index (χ2v) is 7.68. The molecule has 6 nitrogen and oxygen atoms in total. The fourth-order valence-corrected chi connectivity index (χ4v) is 4.09. The average molecular weight is 366 g/mol. The zero-order valence-corrected chi connectivity index (χ0v) is 15.3. The highest BCUT2D eigenvalue weighted by Crippen LogP contribution is 2.40. The minimum absolute atomic E-state index is 0.122. The molecule has 1 aliphatic carbocycles. The topological polar surface area (TPSA) is 67.9 Å². The first-order chi connectivity index (χ1) is 13.1. The molecular formula is C21H22N2O4. The second kappa shape index (κ2) is 5.87. The van der Waals surface area contributed by atoms with Crippen LogP contribution in [-0.4, -0.2) is 42.6 Å². The highest BCUT2D eigenvalue weighted by atomic mass is 16.5. The Kier molecular flexibility index (Phi) is 3.57. The van der Waals surface area contributed by atoms with Gasteiger partial charge in [0, 0.05) is 37.2 Å². The van der Waals surface area contributed by atoms with Crippen LogP contribution in [0, 0.1) is 5.92 Å². The van der Waals surface area contributed by atoms with Crippen molar-refractivity contribution in [1.29, 1.82) is 0 Å². The van der Waals surface area contributed by atoms with Crippen molar-refractivity contribution in [2.75, 3.05) is 20.2 Å². The molecule has 1 N–H and O–H groups in total. The normalized spacial score (nSPS) is 20.8. The van der Waals surface area contributed by atoms with Crippen molar-refractivity contribution < 1.29 is 19.1 Å². The third-order valence-corrected chi connectivity index (χ3v) is 5.87. The van der Waals surface area contributed by atoms with Crippen LogP contribution in [0.15, 0.2) is 30.3 Å². The summed E-state index contributed by atoms with van der Waals surface area (Å²) in [5.74, 6) is 1.69. The molecule has 1 saturated heterocycles. The zero-order valence-electron chi connectivity index (χ0n) is 15.3. The highest BCUT2D eigenvalue weighted by Gasteiger charge is 2.45. The van der Waals surface area contributed by atoms with E-state index in [0.717, 1.165) is 29.4 Å². The molecular weight excluding hydrogens is 344 g/mol. The van der Waals surface area contributed by atoms with Gasteiger partial charge >= 0.3 is 0 Å². The predicted molar refractivity (Wildman–Crippen MR) is 99.9 cm³/mol. The number of fused-ring (bicyclic) bond motifs is 3. The standard InChI is InChI=1S/C21H22N2O4/c1-26-15-6-4-13-5-7-16-18(17(13)12-15)27-21(22-19(16)24)8-10-23(11-9-21)20(25)14-2-3-14/h4-7,12,14H,2-3,8-11H2,1H3,(H,22,24). The Balaban J connectivity index is 1.47. The Morgan fingerprint density at radius 2 is 1.96 bits per heavy atom. The number of carbonyl (C=O) groups is 2. The number of benzene rings is 2. The van der Waals surface area contributed by atoms with Gasteiger partial charge in [-0.15, -0.1) is 0 Å². The largest absolute Gasteiger partial charge is 0.497 e. The molecule has 3 aliphatic rings. The molecule has 0 radical (unpaired) electrons. The summed E-state index contributed by atoms with van der Waals surface area (Å²) < 4.78 is 11.8. The molecule has 0 atom stereocenters. The van der Waals surface area contributed by atoms with Crippen molar-refractivity contribution in [1.82, 2.24) is 10.2 Å². The summed E-state index contributed by atoms with van der Waals surface area (Å²) in [5, 5.41) is 4.93. The van der Waals surface area contributed by atoms with Gasteiger partial charge in [-0.3, -0.25) is 9.59 Å². The molecule has 2 aromatic carbocycles. The van der Waals surface area contributed by atoms with Crippen LogP contribution < -0.4 is 14.8 Å². The van der Waals surface area contributed by atoms with Crippen LogP contribution in [0.4, 0.5) is 0 Å². The minimum Gasteiger partial charge on any atom is -0.497 e. The zero-order chi connectivity index (χ0) is 18.6. The molecule has 27 heavy (non-hydrogen) atoms. The number of nitrogens with zero attached hydrogens (tertiary/aromatic N) is 1. The van der Waals surface area contributed by atoms with E-state index in [1.807, 2.05) is 29.2 Å². The van der Waals surface area contributed by atoms with E-state index in [1.54, 1.807) is 13.2 Å². The van der Waals surface area contributed by atoms with Crippen LogP contribution in [0.5, 0.6) is 11.5 Å². The van der Waals surface area contributed by atoms with Gasteiger partial charge in [0.05, 0.1) is 12.7 Å². The van der Waals surface area contributed by atoms with Gasteiger partial charge in [0.15, 0.2) is 5.72 Å². The van der Waals surface area contributed by atoms with Crippen molar-refractivity contribution in [3.05, 3.63) is 35.9 Å². The Hall–Kier alpha value is -2.76. The van der Waals surface area contributed by atoms with E-state index in [0.29, 0.717) is 37.2 Å². The Morgan fingerprint density at radius 1 is 1.22 bits per heavy atom. The lowest BCUT2D eigenvalue weighted by molar-refractivity contribution is -0.136. The second-order valence-electron chi connectivity index (χ2n) is 7.68. The third-order valence-electron chi connectivity index (χ3n) is 5.87. The first-order valence-electron chi connectivity index (χ1n) is 9.50. The van der Waals surface area contributed by atoms with Crippen LogP contribution in [0.1, 0.15) is 36.0 Å². The van der Waals surface area contributed by atoms with Crippen LogP contribution in [0.3, 0.4) is 0 Å². The molecule has 1 spiro atoms. The van der Waals surface area contributed by atoms with Crippen LogP contribution in [0.25, 0.3) is 10.8 Å². The number of hydrogen-bond acceptors (Lipinski definition) is 4. The first-order valence-corrected chi connectivity index (χ1v) is 9.50. The molecule has 0 aromatic heterocycles. The summed E-state index contributed by atoms with van der Waals surface area (Å²) in [7, 11) is 1.62. The predicted octanol–water partition coefficient (Wildman–Crippen LogP) is 2.70. The maximum atomic E-state index is 12.8. The van der Waals surface area contributed by atoms with E-state index < -0.39 is 5.72 Å². The van der Waals surface area contributed by atoms with Gasteiger partial charge in [0.1, 0.15) is 11.5 Å². The van der Waals surface area contributed by atoms with E-state index >= 15 is 0 Å². The fraction of sp³-hybridized carbons (Fsp3) is 0.429. The Morgan fingerprint density at radius 3 is 2.67 bits per heavy atom. The lowest BCUT2D eigenvalue weighted by atomic mass is 9.95. The molecule has 2 fully saturated rings. The number of ether oxygens (including phenoxy) is 2. The number of amides is 2. The quantitative estimate of drug-likeness (QED) is 0.887. The smallest absolute Gasteiger partial charge is 0.258 e. The van der Waals surface area contributed by atoms with Crippen molar-refractivity contribution in [2.45, 2.75) is 31.4 Å². The summed E-state index contributed by atoms with van der Waals surface area (Å²) in [6.07, 6.45) is 3.21. The van der Waals surface area contributed by atoms with Gasteiger partial charge in [-0.25, -0.2) is 0 Å². The van der Waals surface area contributed by atoms with Gasteiger partial charge < -0.3 is 19.7 Å². The lowest BCUT2D eigenvalue weighted by Gasteiger charge is -2.44. The number of likely N-dealkylation sites (tertiary alicyclic amines) is 1. The molecule has 2 amide bonds. The van der Waals surface area contributed by atoms with Gasteiger partial charge in [-0.2, -0.15) is 0 Å². The van der Waals surface area contributed by atoms with E-state index in [2.05, 4.69) is 5.32 Å². The van der Waals surface area contributed by atoms with Crippen molar-refractivity contribution in [3.8, 4) is 11.5 Å². The van der Waals surface area contributed by atoms with Gasteiger partial charge in [-0.1, -0.05) is 12.1 Å². The van der Waals surface area contributed by atoms with Gasteiger partial charge in [-0.05, 0) is 36.4 Å². The number of carbonyl (C=O) groups excluding carboxylic acids is 2. The molecule has 2 aromatic rings. The monoisotopic (exact) mass is 366 g/mol. The van der Waals surface area contributed by atoms with Crippen molar-refractivity contribution in [3.63, 3.8) is 0 Å². The highest BCUT2D eigenvalue weighted by molar-refractivity contribution is 6.05. The number of methoxy groups -OCH3 is 1. The summed E-state index contributed by atoms with van der Waals surface area (Å²) in [5.41, 5.74) is -0.209. The van der Waals surface area contributed by atoms with E-state index in [1.165, 1.54) is 0 Å². The molecule has 1 saturated carbocycles. The minimum atomic E-state index is -0.748. The van der Waals surface area contributed by atoms with E-state index in [-0.39, 0.29) is 17.7 Å². The number of piperidine rings is 1. The maximum absolute atomic E-state index is 12.8. The fourth-order valence-electron chi connectivity index (χ4n) is 4.09. The molecule has 2 heterocycles. The summed E-state index contributed by atoms with van der Waals surface area (Å²) in [4.78, 5) is 27.0. The third kappa shape index (κ3) is 2.71. The Labute approximate surface area is 157 Å². The Bertz CT molecular complexity index is 943.